The summed E-state index contributed by atoms with van der Waals surface area (Å²) in [7, 11) is 0. The molecular weight excluding hydrogens is 395 g/mol. The maximum atomic E-state index is 14.3. The molecule has 0 radical (unpaired) electrons. The number of benzene rings is 2. The fourth-order valence-electron chi connectivity index (χ4n) is 3.55. The Morgan fingerprint density at radius 3 is 2.52 bits per heavy atom. The van der Waals surface area contributed by atoms with Crippen LogP contribution in [-0.2, 0) is 11.3 Å². The molecular formula is C24H29FN4O2. The van der Waals surface area contributed by atoms with Crippen molar-refractivity contribution in [3.8, 4) is 0 Å². The third-order valence-electron chi connectivity index (χ3n) is 5.91. The summed E-state index contributed by atoms with van der Waals surface area (Å²) in [6.45, 7) is 7.80. The molecule has 0 aliphatic carbocycles. The first-order chi connectivity index (χ1) is 14.6. The van der Waals surface area contributed by atoms with Gasteiger partial charge < -0.3 is 11.1 Å². The van der Waals surface area contributed by atoms with Crippen LogP contribution < -0.4 is 11.1 Å². The smallest absolute Gasteiger partial charge is 0.251 e. The zero-order chi connectivity index (χ0) is 22.8. The second kappa shape index (κ2) is 8.88. The maximum Gasteiger partial charge on any atom is 0.251 e. The number of hydrogen-bond acceptors (Lipinski definition) is 4. The topological polar surface area (TPSA) is 87.8 Å². The fraction of sp³-hybridized carbons (Fsp3) is 0.375. The Balaban J connectivity index is 1.78. The van der Waals surface area contributed by atoms with Crippen molar-refractivity contribution in [1.29, 1.82) is 0 Å². The van der Waals surface area contributed by atoms with Crippen molar-refractivity contribution in [1.82, 2.24) is 10.2 Å². The number of rotatable bonds is 6. The maximum absolute atomic E-state index is 14.3. The minimum Gasteiger partial charge on any atom is -0.369 e. The highest BCUT2D eigenvalue weighted by Crippen LogP contribution is 2.30. The highest BCUT2D eigenvalue weighted by molar-refractivity contribution is 5.99. The predicted octanol–water partition coefficient (Wildman–Crippen LogP) is 3.78. The number of halogens is 1. The summed E-state index contributed by atoms with van der Waals surface area (Å²) in [5, 5.41) is 2.88. The van der Waals surface area contributed by atoms with E-state index in [1.807, 2.05) is 58.0 Å². The highest BCUT2D eigenvalue weighted by atomic mass is 19.1. The van der Waals surface area contributed by atoms with Gasteiger partial charge in [-0.3, -0.25) is 14.5 Å². The molecule has 2 aromatic carbocycles. The van der Waals surface area contributed by atoms with Gasteiger partial charge in [0.25, 0.3) is 5.91 Å². The summed E-state index contributed by atoms with van der Waals surface area (Å²) >= 11 is 0. The highest BCUT2D eigenvalue weighted by Gasteiger charge is 2.38. The summed E-state index contributed by atoms with van der Waals surface area (Å²) in [5.41, 5.74) is 7.12. The summed E-state index contributed by atoms with van der Waals surface area (Å²) in [5.74, 6) is -0.858. The Kier molecular flexibility index (Phi) is 6.43. The minimum atomic E-state index is -0.557. The van der Waals surface area contributed by atoms with E-state index in [1.165, 1.54) is 17.0 Å². The SMILES string of the molecule is CC(C)[C@]1(C)CC(=O)N(Cc2cc(F)cc(C(=O)N[C@H](C)c3ccccc3)c2)C(N)=N1. The van der Waals surface area contributed by atoms with E-state index in [0.717, 1.165) is 5.56 Å². The molecule has 0 fully saturated rings. The first-order valence-corrected chi connectivity index (χ1v) is 10.4. The lowest BCUT2D eigenvalue weighted by atomic mass is 9.84. The molecule has 0 spiro atoms. The fourth-order valence-corrected chi connectivity index (χ4v) is 3.55. The molecule has 3 N–H and O–H groups in total. The summed E-state index contributed by atoms with van der Waals surface area (Å²) in [6.07, 6.45) is 0.225. The molecule has 1 aliphatic rings. The number of amides is 2. The predicted molar refractivity (Wildman–Crippen MR) is 119 cm³/mol. The van der Waals surface area contributed by atoms with Crippen LogP contribution >= 0.6 is 0 Å². The van der Waals surface area contributed by atoms with Crippen LogP contribution in [0.2, 0.25) is 0 Å². The largest absolute Gasteiger partial charge is 0.369 e. The lowest BCUT2D eigenvalue weighted by Crippen LogP contribution is -2.51. The van der Waals surface area contributed by atoms with Gasteiger partial charge in [0.05, 0.1) is 24.5 Å². The van der Waals surface area contributed by atoms with Gasteiger partial charge in [-0.15, -0.1) is 0 Å². The van der Waals surface area contributed by atoms with E-state index >= 15 is 0 Å². The summed E-state index contributed by atoms with van der Waals surface area (Å²) < 4.78 is 14.3. The van der Waals surface area contributed by atoms with Crippen LogP contribution in [-0.4, -0.2) is 28.2 Å². The Bertz CT molecular complexity index is 1010. The van der Waals surface area contributed by atoms with Gasteiger partial charge >= 0.3 is 0 Å². The average Bonchev–Trinajstić information content (AvgIpc) is 2.71. The van der Waals surface area contributed by atoms with Crippen molar-refractivity contribution in [2.24, 2.45) is 16.6 Å². The van der Waals surface area contributed by atoms with Crippen molar-refractivity contribution >= 4 is 17.8 Å². The van der Waals surface area contributed by atoms with Gasteiger partial charge in [-0.25, -0.2) is 9.38 Å². The number of nitrogens with one attached hydrogen (secondary N) is 1. The number of hydrogen-bond donors (Lipinski definition) is 2. The average molecular weight is 425 g/mol. The zero-order valence-electron chi connectivity index (χ0n) is 18.4. The number of carbonyl (C=O) groups excluding carboxylic acids is 2. The van der Waals surface area contributed by atoms with Crippen molar-refractivity contribution in [2.45, 2.75) is 52.2 Å². The van der Waals surface area contributed by atoms with Crippen LogP contribution in [0.5, 0.6) is 0 Å². The van der Waals surface area contributed by atoms with Gasteiger partial charge in [0.1, 0.15) is 5.82 Å². The Hall–Kier alpha value is -3.22. The molecule has 1 heterocycles. The Labute approximate surface area is 182 Å². The van der Waals surface area contributed by atoms with Crippen molar-refractivity contribution in [3.63, 3.8) is 0 Å². The van der Waals surface area contributed by atoms with Gasteiger partial charge in [0.15, 0.2) is 5.96 Å². The standard InChI is InChI=1S/C24H29FN4O2/c1-15(2)24(4)13-21(30)29(23(26)28-24)14-17-10-19(12-20(25)11-17)22(31)27-16(3)18-8-6-5-7-9-18/h5-12,15-16H,13-14H2,1-4H3,(H2,26,28)(H,27,31)/t16-,24+/m1/s1. The molecule has 0 saturated heterocycles. The number of nitrogens with two attached hydrogens (primary N) is 1. The van der Waals surface area contributed by atoms with Gasteiger partial charge in [0.2, 0.25) is 5.91 Å². The molecule has 2 amide bonds. The molecule has 0 aromatic heterocycles. The summed E-state index contributed by atoms with van der Waals surface area (Å²) in [4.78, 5) is 31.3. The molecule has 7 heteroatoms. The molecule has 0 unspecified atom stereocenters. The van der Waals surface area contributed by atoms with Crippen LogP contribution in [0.15, 0.2) is 53.5 Å². The summed E-state index contributed by atoms with van der Waals surface area (Å²) in [6, 6.07) is 13.3. The van der Waals surface area contributed by atoms with Crippen molar-refractivity contribution < 1.29 is 14.0 Å². The monoisotopic (exact) mass is 424 g/mol. The first kappa shape index (κ1) is 22.5. The number of aliphatic imine (C=N–C) groups is 1. The van der Waals surface area contributed by atoms with Gasteiger partial charge in [-0.2, -0.15) is 0 Å². The van der Waals surface area contributed by atoms with E-state index in [4.69, 9.17) is 5.73 Å². The molecule has 3 rings (SSSR count). The molecule has 0 saturated carbocycles. The minimum absolute atomic E-state index is 0.0502. The van der Waals surface area contributed by atoms with Gasteiger partial charge in [-0.1, -0.05) is 44.2 Å². The van der Waals surface area contributed by atoms with Crippen LogP contribution in [0, 0.1) is 11.7 Å². The number of carbonyl (C=O) groups is 2. The van der Waals surface area contributed by atoms with Gasteiger partial charge in [0, 0.05) is 5.56 Å². The zero-order valence-corrected chi connectivity index (χ0v) is 18.4. The Morgan fingerprint density at radius 2 is 1.90 bits per heavy atom. The van der Waals surface area contributed by atoms with E-state index < -0.39 is 17.3 Å². The van der Waals surface area contributed by atoms with Crippen molar-refractivity contribution in [3.05, 3.63) is 71.0 Å². The molecule has 0 bridgehead atoms. The third-order valence-corrected chi connectivity index (χ3v) is 5.91. The number of guanidine groups is 1. The first-order valence-electron chi connectivity index (χ1n) is 10.4. The van der Waals surface area contributed by atoms with Gasteiger partial charge in [-0.05, 0) is 49.1 Å². The quantitative estimate of drug-likeness (QED) is 0.740. The van der Waals surface area contributed by atoms with Crippen LogP contribution in [0.4, 0.5) is 4.39 Å². The van der Waals surface area contributed by atoms with E-state index in [0.29, 0.717) is 5.56 Å². The Morgan fingerprint density at radius 1 is 1.23 bits per heavy atom. The van der Waals surface area contributed by atoms with Crippen LogP contribution in [0.1, 0.15) is 61.6 Å². The van der Waals surface area contributed by atoms with E-state index in [9.17, 15) is 14.0 Å². The normalized spacial score (nSPS) is 19.9. The van der Waals surface area contributed by atoms with E-state index in [1.54, 1.807) is 6.07 Å². The lowest BCUT2D eigenvalue weighted by molar-refractivity contribution is -0.130. The number of nitrogens with zero attached hydrogens (tertiary/aromatic N) is 2. The molecule has 31 heavy (non-hydrogen) atoms. The lowest BCUT2D eigenvalue weighted by Gasteiger charge is -2.37. The van der Waals surface area contributed by atoms with Crippen molar-refractivity contribution in [2.75, 3.05) is 0 Å². The van der Waals surface area contributed by atoms with E-state index in [-0.39, 0.29) is 42.4 Å². The van der Waals surface area contributed by atoms with E-state index in [2.05, 4.69) is 10.3 Å². The molecule has 2 atom stereocenters. The molecule has 2 aromatic rings. The molecule has 1 aliphatic heterocycles. The molecule has 164 valence electrons. The third kappa shape index (κ3) is 5.10. The molecule has 6 nitrogen and oxygen atoms in total. The van der Waals surface area contributed by atoms with Crippen LogP contribution in [0.25, 0.3) is 0 Å². The second-order valence-electron chi connectivity index (χ2n) is 8.59. The second-order valence-corrected chi connectivity index (χ2v) is 8.59. The van der Waals surface area contributed by atoms with Crippen LogP contribution in [0.3, 0.4) is 0 Å².